The Bertz CT molecular complexity index is 718. The molecule has 0 aliphatic rings. The molecule has 21 heavy (non-hydrogen) atoms. The number of carboxylic acids is 1. The standard InChI is InChI=1S/C15H11FO4S/c16-11-4-2-1-3-9(11)7-14-10(5-6-21-14)12(17)8-13(18)15(19)20/h1-6,8,18H,7H2,(H,19,20)/b13-8-. The minimum Gasteiger partial charge on any atom is -0.502 e. The fourth-order valence-electron chi connectivity index (χ4n) is 1.78. The Labute approximate surface area is 123 Å². The van der Waals surface area contributed by atoms with E-state index in [2.05, 4.69) is 0 Å². The van der Waals surface area contributed by atoms with Gasteiger partial charge in [-0.1, -0.05) is 18.2 Å². The van der Waals surface area contributed by atoms with Crippen LogP contribution < -0.4 is 0 Å². The molecule has 1 aromatic heterocycles. The molecular formula is C15H11FO4S. The van der Waals surface area contributed by atoms with E-state index in [1.807, 2.05) is 0 Å². The molecule has 0 spiro atoms. The van der Waals surface area contributed by atoms with E-state index in [0.29, 0.717) is 16.5 Å². The summed E-state index contributed by atoms with van der Waals surface area (Å²) in [5, 5.41) is 19.3. The zero-order valence-corrected chi connectivity index (χ0v) is 11.6. The molecule has 108 valence electrons. The number of carbonyl (C=O) groups excluding carboxylic acids is 1. The number of aliphatic hydroxyl groups excluding tert-OH is 1. The zero-order valence-electron chi connectivity index (χ0n) is 10.7. The molecule has 0 saturated heterocycles. The fourth-order valence-corrected chi connectivity index (χ4v) is 2.68. The summed E-state index contributed by atoms with van der Waals surface area (Å²) >= 11 is 1.27. The third-order valence-electron chi connectivity index (χ3n) is 2.81. The van der Waals surface area contributed by atoms with Gasteiger partial charge in [-0.25, -0.2) is 9.18 Å². The number of carbonyl (C=O) groups is 2. The van der Waals surface area contributed by atoms with Crippen LogP contribution in [0.1, 0.15) is 20.8 Å². The Hall–Kier alpha value is -2.47. The highest BCUT2D eigenvalue weighted by molar-refractivity contribution is 7.10. The SMILES string of the molecule is O=C(O)/C(O)=C/C(=O)c1ccsc1Cc1ccccc1F. The molecule has 0 amide bonds. The van der Waals surface area contributed by atoms with Crippen molar-refractivity contribution in [2.24, 2.45) is 0 Å². The predicted octanol–water partition coefficient (Wildman–Crippen LogP) is 3.19. The lowest BCUT2D eigenvalue weighted by Crippen LogP contribution is -2.05. The summed E-state index contributed by atoms with van der Waals surface area (Å²) in [4.78, 5) is 23.0. The molecular weight excluding hydrogens is 295 g/mol. The van der Waals surface area contributed by atoms with Crippen molar-refractivity contribution in [2.75, 3.05) is 0 Å². The first-order chi connectivity index (χ1) is 9.99. The quantitative estimate of drug-likeness (QED) is 0.505. The van der Waals surface area contributed by atoms with Crippen molar-refractivity contribution in [2.45, 2.75) is 6.42 Å². The van der Waals surface area contributed by atoms with Gasteiger partial charge in [0.15, 0.2) is 5.78 Å². The first-order valence-electron chi connectivity index (χ1n) is 5.97. The van der Waals surface area contributed by atoms with Gasteiger partial charge in [0.2, 0.25) is 5.76 Å². The van der Waals surface area contributed by atoms with Gasteiger partial charge in [-0.3, -0.25) is 4.79 Å². The van der Waals surface area contributed by atoms with E-state index in [4.69, 9.17) is 10.2 Å². The van der Waals surface area contributed by atoms with Crippen molar-refractivity contribution >= 4 is 23.1 Å². The van der Waals surface area contributed by atoms with Crippen molar-refractivity contribution in [1.82, 2.24) is 0 Å². The molecule has 4 nitrogen and oxygen atoms in total. The summed E-state index contributed by atoms with van der Waals surface area (Å²) in [6.07, 6.45) is 0.877. The number of hydrogen-bond acceptors (Lipinski definition) is 4. The van der Waals surface area contributed by atoms with Crippen LogP contribution in [0.3, 0.4) is 0 Å². The van der Waals surface area contributed by atoms with E-state index >= 15 is 0 Å². The molecule has 6 heteroatoms. The number of carboxylic acid groups (broad SMARTS) is 1. The highest BCUT2D eigenvalue weighted by Crippen LogP contribution is 2.23. The second-order valence-electron chi connectivity index (χ2n) is 4.22. The van der Waals surface area contributed by atoms with Crippen molar-refractivity contribution < 1.29 is 24.2 Å². The van der Waals surface area contributed by atoms with Gasteiger partial charge < -0.3 is 10.2 Å². The number of ketones is 1. The number of thiophene rings is 1. The van der Waals surface area contributed by atoms with Crippen LogP contribution in [0.5, 0.6) is 0 Å². The summed E-state index contributed by atoms with van der Waals surface area (Å²) in [6, 6.07) is 7.75. The van der Waals surface area contributed by atoms with Gasteiger partial charge >= 0.3 is 5.97 Å². The summed E-state index contributed by atoms with van der Waals surface area (Å²) in [6.45, 7) is 0. The lowest BCUT2D eigenvalue weighted by atomic mass is 10.1. The lowest BCUT2D eigenvalue weighted by Gasteiger charge is -2.03. The van der Waals surface area contributed by atoms with E-state index < -0.39 is 17.5 Å². The van der Waals surface area contributed by atoms with Crippen LogP contribution in [-0.2, 0) is 11.2 Å². The van der Waals surface area contributed by atoms with Gasteiger partial charge in [0.25, 0.3) is 0 Å². The fraction of sp³-hybridized carbons (Fsp3) is 0.0667. The summed E-state index contributed by atoms with van der Waals surface area (Å²) in [7, 11) is 0. The van der Waals surface area contributed by atoms with Crippen LogP contribution in [0, 0.1) is 5.82 Å². The number of hydrogen-bond donors (Lipinski definition) is 2. The Morgan fingerprint density at radius 2 is 1.90 bits per heavy atom. The molecule has 0 saturated carbocycles. The average molecular weight is 306 g/mol. The molecule has 2 N–H and O–H groups in total. The molecule has 2 rings (SSSR count). The Kier molecular flexibility index (Phi) is 4.49. The van der Waals surface area contributed by atoms with Crippen LogP contribution in [0.2, 0.25) is 0 Å². The maximum absolute atomic E-state index is 13.6. The minimum atomic E-state index is -1.57. The van der Waals surface area contributed by atoms with Crippen LogP contribution in [0.25, 0.3) is 0 Å². The van der Waals surface area contributed by atoms with Crippen LogP contribution in [-0.4, -0.2) is 22.0 Å². The van der Waals surface area contributed by atoms with Crippen LogP contribution in [0.4, 0.5) is 4.39 Å². The maximum Gasteiger partial charge on any atom is 0.371 e. The molecule has 1 aromatic carbocycles. The van der Waals surface area contributed by atoms with E-state index in [9.17, 15) is 14.0 Å². The van der Waals surface area contributed by atoms with E-state index in [-0.39, 0.29) is 17.8 Å². The first-order valence-corrected chi connectivity index (χ1v) is 6.85. The Morgan fingerprint density at radius 1 is 1.19 bits per heavy atom. The number of benzene rings is 1. The van der Waals surface area contributed by atoms with Gasteiger partial charge in [-0.2, -0.15) is 0 Å². The zero-order chi connectivity index (χ0) is 15.4. The molecule has 0 fully saturated rings. The normalized spacial score (nSPS) is 11.4. The molecule has 0 unspecified atom stereocenters. The Balaban J connectivity index is 2.27. The molecule has 0 bridgehead atoms. The second-order valence-corrected chi connectivity index (χ2v) is 5.23. The lowest BCUT2D eigenvalue weighted by molar-refractivity contribution is -0.135. The molecule has 0 aliphatic heterocycles. The predicted molar refractivity (Wildman–Crippen MR) is 76.2 cm³/mol. The highest BCUT2D eigenvalue weighted by Gasteiger charge is 2.15. The van der Waals surface area contributed by atoms with Crippen molar-refractivity contribution in [3.05, 3.63) is 69.4 Å². The third kappa shape index (κ3) is 3.55. The molecule has 2 aromatic rings. The monoisotopic (exact) mass is 306 g/mol. The van der Waals surface area contributed by atoms with E-state index in [1.165, 1.54) is 23.5 Å². The number of aliphatic carboxylic acids is 1. The summed E-state index contributed by atoms with van der Waals surface area (Å²) < 4.78 is 13.6. The average Bonchev–Trinajstić information content (AvgIpc) is 2.89. The van der Waals surface area contributed by atoms with Gasteiger partial charge in [-0.15, -0.1) is 11.3 Å². The van der Waals surface area contributed by atoms with Gasteiger partial charge in [0.05, 0.1) is 0 Å². The highest BCUT2D eigenvalue weighted by atomic mass is 32.1. The Morgan fingerprint density at radius 3 is 2.57 bits per heavy atom. The first kappa shape index (κ1) is 14.9. The van der Waals surface area contributed by atoms with E-state index in [1.54, 1.807) is 23.6 Å². The largest absolute Gasteiger partial charge is 0.502 e. The summed E-state index contributed by atoms with van der Waals surface area (Å²) in [5.41, 5.74) is 0.705. The molecule has 1 heterocycles. The van der Waals surface area contributed by atoms with Gasteiger partial charge in [0.1, 0.15) is 5.82 Å². The topological polar surface area (TPSA) is 74.6 Å². The molecule has 0 aliphatic carbocycles. The number of aliphatic hydroxyl groups is 1. The van der Waals surface area contributed by atoms with Crippen molar-refractivity contribution in [3.8, 4) is 0 Å². The second kappa shape index (κ2) is 6.32. The van der Waals surface area contributed by atoms with Crippen molar-refractivity contribution in [1.29, 1.82) is 0 Å². The maximum atomic E-state index is 13.6. The van der Waals surface area contributed by atoms with E-state index in [0.717, 1.165) is 0 Å². The van der Waals surface area contributed by atoms with Crippen molar-refractivity contribution in [3.63, 3.8) is 0 Å². The number of halogens is 1. The third-order valence-corrected chi connectivity index (χ3v) is 3.73. The van der Waals surface area contributed by atoms with Gasteiger partial charge in [-0.05, 0) is 23.1 Å². The number of allylic oxidation sites excluding steroid dienone is 1. The van der Waals surface area contributed by atoms with Crippen LogP contribution in [0.15, 0.2) is 47.5 Å². The smallest absolute Gasteiger partial charge is 0.371 e. The number of rotatable bonds is 5. The minimum absolute atomic E-state index is 0.229. The molecule has 0 atom stereocenters. The van der Waals surface area contributed by atoms with Crippen LogP contribution >= 0.6 is 11.3 Å². The summed E-state index contributed by atoms with van der Waals surface area (Å²) in [5.74, 6) is -3.59. The molecule has 0 radical (unpaired) electrons. The van der Waals surface area contributed by atoms with Gasteiger partial charge in [0, 0.05) is 22.9 Å².